The minimum absolute atomic E-state index is 0.0536. The van der Waals surface area contributed by atoms with Crippen LogP contribution in [0.2, 0.25) is 0 Å². The molecule has 0 spiro atoms. The number of amides is 1. The molecule has 0 atom stereocenters. The van der Waals surface area contributed by atoms with Crippen LogP contribution in [0.4, 0.5) is 5.69 Å². The molecular weight excluding hydrogens is 374 g/mol. The summed E-state index contributed by atoms with van der Waals surface area (Å²) in [7, 11) is 0.433. The number of nitrogens with zero attached hydrogens (tertiary/aromatic N) is 1. The van der Waals surface area contributed by atoms with Crippen LogP contribution in [0, 0.1) is 0 Å². The van der Waals surface area contributed by atoms with E-state index in [9.17, 15) is 18.0 Å². The van der Waals surface area contributed by atoms with E-state index >= 15 is 0 Å². The summed E-state index contributed by atoms with van der Waals surface area (Å²) in [6, 6.07) is 7.98. The number of anilines is 1. The van der Waals surface area contributed by atoms with Gasteiger partial charge in [-0.15, -0.1) is 0 Å². The second kappa shape index (κ2) is 8.69. The quantitative estimate of drug-likeness (QED) is 0.648. The van der Waals surface area contributed by atoms with Gasteiger partial charge in [-0.2, -0.15) is 0 Å². The number of sulfonamides is 1. The Labute approximate surface area is 157 Å². The Morgan fingerprint density at radius 1 is 1.15 bits per heavy atom. The predicted octanol–water partition coefficient (Wildman–Crippen LogP) is 1.13. The maximum absolute atomic E-state index is 12.3. The normalized spacial score (nSPS) is 11.1. The van der Waals surface area contributed by atoms with E-state index in [4.69, 9.17) is 4.74 Å². The summed E-state index contributed by atoms with van der Waals surface area (Å²) in [6.07, 6.45) is 1.24. The fourth-order valence-corrected chi connectivity index (χ4v) is 3.37. The minimum Gasteiger partial charge on any atom is -0.497 e. The van der Waals surface area contributed by atoms with Crippen LogP contribution in [0.15, 0.2) is 41.4 Å². The van der Waals surface area contributed by atoms with Gasteiger partial charge in [0.1, 0.15) is 16.3 Å². The zero-order valence-corrected chi connectivity index (χ0v) is 16.0. The van der Waals surface area contributed by atoms with Crippen LogP contribution in [-0.2, 0) is 26.6 Å². The molecule has 0 fully saturated rings. The second-order valence-electron chi connectivity index (χ2n) is 5.59. The van der Waals surface area contributed by atoms with Gasteiger partial charge in [0, 0.05) is 31.9 Å². The lowest BCUT2D eigenvalue weighted by molar-refractivity contribution is -0.116. The van der Waals surface area contributed by atoms with Gasteiger partial charge < -0.3 is 19.4 Å². The van der Waals surface area contributed by atoms with Crippen molar-refractivity contribution < 1.29 is 27.5 Å². The molecule has 0 radical (unpaired) electrons. The van der Waals surface area contributed by atoms with E-state index in [1.165, 1.54) is 31.0 Å². The first-order valence-corrected chi connectivity index (χ1v) is 9.43. The summed E-state index contributed by atoms with van der Waals surface area (Å²) in [5.41, 5.74) is 0.685. The Morgan fingerprint density at radius 3 is 2.41 bits per heavy atom. The first kappa shape index (κ1) is 20.5. The standard InChI is InChI=1S/C17H21N3O6S/c1-20-11-14(10-15(20)17(22)26-3)27(23,24)18-9-8-16(21)19-12-4-6-13(25-2)7-5-12/h4-7,10-11,18H,8-9H2,1-3H3,(H,19,21). The number of aryl methyl sites for hydroxylation is 1. The van der Waals surface area contributed by atoms with Crippen molar-refractivity contribution in [1.82, 2.24) is 9.29 Å². The number of nitrogens with one attached hydrogen (secondary N) is 2. The number of ether oxygens (including phenoxy) is 2. The van der Waals surface area contributed by atoms with Crippen LogP contribution < -0.4 is 14.8 Å². The minimum atomic E-state index is -3.86. The average Bonchev–Trinajstić information content (AvgIpc) is 3.04. The van der Waals surface area contributed by atoms with Crippen molar-refractivity contribution in [1.29, 1.82) is 0 Å². The first-order valence-electron chi connectivity index (χ1n) is 7.95. The topological polar surface area (TPSA) is 116 Å². The third-order valence-corrected chi connectivity index (χ3v) is 5.13. The molecule has 2 N–H and O–H groups in total. The Bertz CT molecular complexity index is 919. The van der Waals surface area contributed by atoms with Gasteiger partial charge in [-0.25, -0.2) is 17.9 Å². The Balaban J connectivity index is 1.91. The maximum Gasteiger partial charge on any atom is 0.354 e. The van der Waals surface area contributed by atoms with Gasteiger partial charge in [0.25, 0.3) is 0 Å². The molecule has 9 nitrogen and oxygen atoms in total. The zero-order valence-electron chi connectivity index (χ0n) is 15.2. The van der Waals surface area contributed by atoms with E-state index in [1.54, 1.807) is 31.4 Å². The van der Waals surface area contributed by atoms with Gasteiger partial charge in [-0.3, -0.25) is 4.79 Å². The highest BCUT2D eigenvalue weighted by atomic mass is 32.2. The second-order valence-corrected chi connectivity index (χ2v) is 7.35. The van der Waals surface area contributed by atoms with Gasteiger partial charge in [0.15, 0.2) is 0 Å². The van der Waals surface area contributed by atoms with E-state index in [-0.39, 0.29) is 29.5 Å². The van der Waals surface area contributed by atoms with Crippen LogP contribution >= 0.6 is 0 Å². The molecule has 2 aromatic rings. The SMILES string of the molecule is COC(=O)c1cc(S(=O)(=O)NCCC(=O)Nc2ccc(OC)cc2)cn1C. The lowest BCUT2D eigenvalue weighted by Crippen LogP contribution is -2.27. The molecule has 1 aromatic heterocycles. The first-order chi connectivity index (χ1) is 12.8. The van der Waals surface area contributed by atoms with Crippen molar-refractivity contribution in [3.63, 3.8) is 0 Å². The maximum atomic E-state index is 12.3. The highest BCUT2D eigenvalue weighted by molar-refractivity contribution is 7.89. The van der Waals surface area contributed by atoms with Crippen molar-refractivity contribution in [2.75, 3.05) is 26.1 Å². The van der Waals surface area contributed by atoms with E-state index in [0.717, 1.165) is 0 Å². The van der Waals surface area contributed by atoms with Gasteiger partial charge in [0.2, 0.25) is 15.9 Å². The monoisotopic (exact) mass is 395 g/mol. The number of esters is 1. The molecule has 10 heteroatoms. The molecule has 0 saturated heterocycles. The number of hydrogen-bond acceptors (Lipinski definition) is 6. The van der Waals surface area contributed by atoms with Crippen LogP contribution in [0.1, 0.15) is 16.9 Å². The van der Waals surface area contributed by atoms with Crippen molar-refractivity contribution in [3.05, 3.63) is 42.2 Å². The number of aromatic nitrogens is 1. The highest BCUT2D eigenvalue weighted by Crippen LogP contribution is 2.16. The zero-order chi connectivity index (χ0) is 20.0. The third-order valence-electron chi connectivity index (χ3n) is 3.70. The number of carbonyl (C=O) groups is 2. The number of carbonyl (C=O) groups excluding carboxylic acids is 2. The molecule has 0 aliphatic carbocycles. The van der Waals surface area contributed by atoms with Crippen LogP contribution in [0.3, 0.4) is 0 Å². The summed E-state index contributed by atoms with van der Waals surface area (Å²) < 4.78 is 37.9. The van der Waals surface area contributed by atoms with Gasteiger partial charge in [0.05, 0.1) is 14.2 Å². The summed E-state index contributed by atoms with van der Waals surface area (Å²) in [5.74, 6) is -0.320. The molecule has 1 amide bonds. The summed E-state index contributed by atoms with van der Waals surface area (Å²) in [4.78, 5) is 23.4. The van der Waals surface area contributed by atoms with Crippen molar-refractivity contribution >= 4 is 27.6 Å². The molecule has 2 rings (SSSR count). The number of hydrogen-bond donors (Lipinski definition) is 2. The molecule has 27 heavy (non-hydrogen) atoms. The Morgan fingerprint density at radius 2 is 1.81 bits per heavy atom. The summed E-state index contributed by atoms with van der Waals surface area (Å²) >= 11 is 0. The molecule has 1 aromatic carbocycles. The van der Waals surface area contributed by atoms with E-state index in [0.29, 0.717) is 11.4 Å². The molecule has 0 aliphatic heterocycles. The largest absolute Gasteiger partial charge is 0.497 e. The van der Waals surface area contributed by atoms with Gasteiger partial charge >= 0.3 is 5.97 Å². The average molecular weight is 395 g/mol. The fourth-order valence-electron chi connectivity index (χ4n) is 2.27. The molecule has 0 aliphatic rings. The molecule has 0 saturated carbocycles. The van der Waals surface area contributed by atoms with Crippen molar-refractivity contribution in [2.24, 2.45) is 7.05 Å². The molecule has 0 bridgehead atoms. The van der Waals surface area contributed by atoms with Crippen LogP contribution in [0.25, 0.3) is 0 Å². The molecule has 0 unspecified atom stereocenters. The number of methoxy groups -OCH3 is 2. The number of rotatable bonds is 8. The van der Waals surface area contributed by atoms with Gasteiger partial charge in [-0.1, -0.05) is 0 Å². The third kappa shape index (κ3) is 5.31. The van der Waals surface area contributed by atoms with Crippen LogP contribution in [0.5, 0.6) is 5.75 Å². The van der Waals surface area contributed by atoms with E-state index < -0.39 is 16.0 Å². The van der Waals surface area contributed by atoms with E-state index in [2.05, 4.69) is 14.8 Å². The highest BCUT2D eigenvalue weighted by Gasteiger charge is 2.20. The van der Waals surface area contributed by atoms with Crippen molar-refractivity contribution in [3.8, 4) is 5.75 Å². The molecule has 146 valence electrons. The van der Waals surface area contributed by atoms with Crippen molar-refractivity contribution in [2.45, 2.75) is 11.3 Å². The molecular formula is C17H21N3O6S. The lowest BCUT2D eigenvalue weighted by atomic mass is 10.3. The van der Waals surface area contributed by atoms with Gasteiger partial charge in [-0.05, 0) is 30.3 Å². The Kier molecular flexibility index (Phi) is 6.59. The molecule has 1 heterocycles. The van der Waals surface area contributed by atoms with Crippen LogP contribution in [-0.4, -0.2) is 45.6 Å². The Hall–Kier alpha value is -2.85. The lowest BCUT2D eigenvalue weighted by Gasteiger charge is -2.07. The number of benzene rings is 1. The summed E-state index contributed by atoms with van der Waals surface area (Å²) in [6.45, 7) is -0.0905. The van der Waals surface area contributed by atoms with E-state index in [1.807, 2.05) is 0 Å². The fraction of sp³-hybridized carbons (Fsp3) is 0.294. The smallest absolute Gasteiger partial charge is 0.354 e. The summed E-state index contributed by atoms with van der Waals surface area (Å²) in [5, 5.41) is 2.66. The predicted molar refractivity (Wildman–Crippen MR) is 98.2 cm³/mol.